The van der Waals surface area contributed by atoms with E-state index in [1.807, 2.05) is 0 Å². The SMILES string of the molecule is CNCC(=O)c1ccc(OC)c(CF)c1. The van der Waals surface area contributed by atoms with Crippen molar-refractivity contribution in [1.82, 2.24) is 5.32 Å². The summed E-state index contributed by atoms with van der Waals surface area (Å²) in [6.45, 7) is -0.387. The molecule has 0 bridgehead atoms. The van der Waals surface area contributed by atoms with Gasteiger partial charge in [0, 0.05) is 11.1 Å². The number of ether oxygens (including phenoxy) is 1. The van der Waals surface area contributed by atoms with Crippen molar-refractivity contribution in [3.05, 3.63) is 29.3 Å². The molecule has 82 valence electrons. The molecule has 3 nitrogen and oxygen atoms in total. The fraction of sp³-hybridized carbons (Fsp3) is 0.364. The molecule has 1 aromatic carbocycles. The molecule has 1 aromatic rings. The van der Waals surface area contributed by atoms with Gasteiger partial charge in [-0.05, 0) is 25.2 Å². The molecule has 0 fully saturated rings. The largest absolute Gasteiger partial charge is 0.496 e. The van der Waals surface area contributed by atoms with Crippen molar-refractivity contribution in [1.29, 1.82) is 0 Å². The zero-order valence-electron chi connectivity index (χ0n) is 8.84. The predicted molar refractivity (Wildman–Crippen MR) is 56.1 cm³/mol. The minimum absolute atomic E-state index is 0.0603. The average Bonchev–Trinajstić information content (AvgIpc) is 2.28. The Bertz CT molecular complexity index is 352. The monoisotopic (exact) mass is 211 g/mol. The van der Waals surface area contributed by atoms with Crippen LogP contribution in [0.5, 0.6) is 5.75 Å². The molecule has 0 heterocycles. The van der Waals surface area contributed by atoms with Crippen LogP contribution in [0, 0.1) is 0 Å². The number of Topliss-reactive ketones (excluding diaryl/α,β-unsaturated/α-hetero) is 1. The number of hydrogen-bond acceptors (Lipinski definition) is 3. The number of nitrogens with one attached hydrogen (secondary N) is 1. The van der Waals surface area contributed by atoms with Crippen molar-refractivity contribution in [2.75, 3.05) is 20.7 Å². The van der Waals surface area contributed by atoms with Gasteiger partial charge in [0.05, 0.1) is 13.7 Å². The molecule has 0 atom stereocenters. The number of likely N-dealkylation sites (N-methyl/N-ethyl adjacent to an activating group) is 1. The molecule has 0 saturated carbocycles. The molecule has 0 spiro atoms. The molecule has 0 saturated heterocycles. The molecule has 0 amide bonds. The number of alkyl halides is 1. The van der Waals surface area contributed by atoms with Crippen LogP contribution in [0.25, 0.3) is 0 Å². The number of rotatable bonds is 5. The van der Waals surface area contributed by atoms with Crippen LogP contribution in [-0.4, -0.2) is 26.5 Å². The van der Waals surface area contributed by atoms with Gasteiger partial charge in [-0.3, -0.25) is 4.79 Å². The topological polar surface area (TPSA) is 38.3 Å². The number of methoxy groups -OCH3 is 1. The Hall–Kier alpha value is -1.42. The highest BCUT2D eigenvalue weighted by Crippen LogP contribution is 2.20. The van der Waals surface area contributed by atoms with E-state index in [4.69, 9.17) is 4.74 Å². The van der Waals surface area contributed by atoms with Crippen LogP contribution in [-0.2, 0) is 6.67 Å². The highest BCUT2D eigenvalue weighted by Gasteiger charge is 2.09. The van der Waals surface area contributed by atoms with Crippen LogP contribution in [0.4, 0.5) is 4.39 Å². The van der Waals surface area contributed by atoms with E-state index in [1.165, 1.54) is 13.2 Å². The highest BCUT2D eigenvalue weighted by molar-refractivity contribution is 5.97. The Labute approximate surface area is 88.2 Å². The quantitative estimate of drug-likeness (QED) is 0.751. The van der Waals surface area contributed by atoms with E-state index in [-0.39, 0.29) is 12.3 Å². The number of hydrogen-bond donors (Lipinski definition) is 1. The second-order valence-electron chi connectivity index (χ2n) is 3.11. The summed E-state index contributed by atoms with van der Waals surface area (Å²) in [4.78, 5) is 11.5. The fourth-order valence-corrected chi connectivity index (χ4v) is 1.32. The zero-order valence-corrected chi connectivity index (χ0v) is 8.84. The molecule has 1 rings (SSSR count). The van der Waals surface area contributed by atoms with E-state index >= 15 is 0 Å². The van der Waals surface area contributed by atoms with Crippen LogP contribution in [0.1, 0.15) is 15.9 Å². The fourth-order valence-electron chi connectivity index (χ4n) is 1.32. The van der Waals surface area contributed by atoms with Gasteiger partial charge in [-0.25, -0.2) is 4.39 Å². The van der Waals surface area contributed by atoms with Gasteiger partial charge in [-0.2, -0.15) is 0 Å². The Morgan fingerprint density at radius 3 is 2.80 bits per heavy atom. The van der Waals surface area contributed by atoms with E-state index in [1.54, 1.807) is 19.2 Å². The molecule has 0 aliphatic rings. The summed E-state index contributed by atoms with van der Waals surface area (Å²) >= 11 is 0. The lowest BCUT2D eigenvalue weighted by Crippen LogP contribution is -2.18. The van der Waals surface area contributed by atoms with Gasteiger partial charge in [0.15, 0.2) is 5.78 Å². The maximum absolute atomic E-state index is 12.6. The summed E-state index contributed by atoms with van der Waals surface area (Å²) in [6.07, 6.45) is 0. The first kappa shape index (κ1) is 11.7. The van der Waals surface area contributed by atoms with Gasteiger partial charge in [-0.1, -0.05) is 0 Å². The molecule has 4 heteroatoms. The molecular formula is C11H14FNO2. The van der Waals surface area contributed by atoms with Crippen molar-refractivity contribution < 1.29 is 13.9 Å². The van der Waals surface area contributed by atoms with Crippen LogP contribution < -0.4 is 10.1 Å². The third-order valence-corrected chi connectivity index (χ3v) is 2.08. The molecule has 0 aliphatic heterocycles. The molecule has 0 aromatic heterocycles. The van der Waals surface area contributed by atoms with Crippen molar-refractivity contribution >= 4 is 5.78 Å². The summed E-state index contributed by atoms with van der Waals surface area (Å²) in [6, 6.07) is 4.77. The minimum atomic E-state index is -0.635. The van der Waals surface area contributed by atoms with Crippen molar-refractivity contribution in [2.24, 2.45) is 0 Å². The smallest absolute Gasteiger partial charge is 0.176 e. The standard InChI is InChI=1S/C11H14FNO2/c1-13-7-10(14)8-3-4-11(15-2)9(5-8)6-12/h3-5,13H,6-7H2,1-2H3. The van der Waals surface area contributed by atoms with E-state index in [2.05, 4.69) is 5.32 Å². The lowest BCUT2D eigenvalue weighted by Gasteiger charge is -2.07. The van der Waals surface area contributed by atoms with Gasteiger partial charge >= 0.3 is 0 Å². The normalized spacial score (nSPS) is 10.1. The van der Waals surface area contributed by atoms with E-state index in [0.717, 1.165) is 0 Å². The number of carbonyl (C=O) groups excluding carboxylic acids is 1. The van der Waals surface area contributed by atoms with Crippen LogP contribution in [0.3, 0.4) is 0 Å². The maximum atomic E-state index is 12.6. The Morgan fingerprint density at radius 1 is 1.53 bits per heavy atom. The van der Waals surface area contributed by atoms with E-state index in [0.29, 0.717) is 16.9 Å². The number of halogens is 1. The molecule has 15 heavy (non-hydrogen) atoms. The Kier molecular flexibility index (Phi) is 4.24. The summed E-state index contributed by atoms with van der Waals surface area (Å²) < 4.78 is 17.6. The molecule has 1 N–H and O–H groups in total. The van der Waals surface area contributed by atoms with Crippen LogP contribution in [0.15, 0.2) is 18.2 Å². The van der Waals surface area contributed by atoms with Gasteiger partial charge in [0.25, 0.3) is 0 Å². The molecular weight excluding hydrogens is 197 g/mol. The first-order chi connectivity index (χ1) is 7.22. The van der Waals surface area contributed by atoms with Gasteiger partial charge in [0.1, 0.15) is 12.4 Å². The predicted octanol–water partition coefficient (Wildman–Crippen LogP) is 1.57. The first-order valence-corrected chi connectivity index (χ1v) is 4.63. The Balaban J connectivity index is 2.97. The van der Waals surface area contributed by atoms with Crippen LogP contribution >= 0.6 is 0 Å². The molecule has 0 aliphatic carbocycles. The number of carbonyl (C=O) groups is 1. The number of ketones is 1. The summed E-state index contributed by atoms with van der Waals surface area (Å²) in [5, 5.41) is 2.76. The van der Waals surface area contributed by atoms with Crippen molar-refractivity contribution in [3.8, 4) is 5.75 Å². The average molecular weight is 211 g/mol. The summed E-state index contributed by atoms with van der Waals surface area (Å²) in [5.41, 5.74) is 0.900. The summed E-state index contributed by atoms with van der Waals surface area (Å²) in [7, 11) is 3.17. The third kappa shape index (κ3) is 2.76. The first-order valence-electron chi connectivity index (χ1n) is 4.63. The molecule has 0 radical (unpaired) electrons. The lowest BCUT2D eigenvalue weighted by atomic mass is 10.1. The van der Waals surface area contributed by atoms with Crippen molar-refractivity contribution in [2.45, 2.75) is 6.67 Å². The van der Waals surface area contributed by atoms with Gasteiger partial charge in [-0.15, -0.1) is 0 Å². The van der Waals surface area contributed by atoms with Gasteiger partial charge in [0.2, 0.25) is 0 Å². The zero-order chi connectivity index (χ0) is 11.3. The van der Waals surface area contributed by atoms with Gasteiger partial charge < -0.3 is 10.1 Å². The van der Waals surface area contributed by atoms with Crippen LogP contribution in [0.2, 0.25) is 0 Å². The third-order valence-electron chi connectivity index (χ3n) is 2.08. The maximum Gasteiger partial charge on any atom is 0.176 e. The molecule has 0 unspecified atom stereocenters. The second kappa shape index (κ2) is 5.46. The Morgan fingerprint density at radius 2 is 2.27 bits per heavy atom. The highest BCUT2D eigenvalue weighted by atomic mass is 19.1. The second-order valence-corrected chi connectivity index (χ2v) is 3.11. The number of benzene rings is 1. The summed E-state index contributed by atoms with van der Waals surface area (Å²) in [5.74, 6) is 0.411. The van der Waals surface area contributed by atoms with Crippen molar-refractivity contribution in [3.63, 3.8) is 0 Å². The lowest BCUT2D eigenvalue weighted by molar-refractivity contribution is 0.0993. The van der Waals surface area contributed by atoms with E-state index < -0.39 is 6.67 Å². The van der Waals surface area contributed by atoms with E-state index in [9.17, 15) is 9.18 Å². The minimum Gasteiger partial charge on any atom is -0.496 e.